The summed E-state index contributed by atoms with van der Waals surface area (Å²) in [7, 11) is 0. The van der Waals surface area contributed by atoms with Gasteiger partial charge in [-0.3, -0.25) is 4.79 Å². The predicted octanol–water partition coefficient (Wildman–Crippen LogP) is 4.69. The third kappa shape index (κ3) is 2.87. The second-order valence-electron chi connectivity index (χ2n) is 4.19. The fourth-order valence-electron chi connectivity index (χ4n) is 1.64. The molecule has 1 aromatic carbocycles. The van der Waals surface area contributed by atoms with Crippen LogP contribution in [0.4, 0.5) is 4.39 Å². The van der Waals surface area contributed by atoms with Crippen LogP contribution in [-0.2, 0) is 6.42 Å². The average molecular weight is 327 g/mol. The minimum Gasteiger partial charge on any atom is -0.293 e. The van der Waals surface area contributed by atoms with Crippen LogP contribution in [0.1, 0.15) is 25.7 Å². The van der Waals surface area contributed by atoms with Crippen molar-refractivity contribution >= 4 is 33.0 Å². The van der Waals surface area contributed by atoms with E-state index in [1.54, 1.807) is 6.07 Å². The number of ketones is 1. The van der Waals surface area contributed by atoms with E-state index in [1.165, 1.54) is 23.5 Å². The number of rotatable bonds is 3. The quantitative estimate of drug-likeness (QED) is 0.747. The van der Waals surface area contributed by atoms with Crippen LogP contribution in [0.2, 0.25) is 0 Å². The van der Waals surface area contributed by atoms with Crippen molar-refractivity contribution in [2.75, 3.05) is 0 Å². The molecule has 94 valence electrons. The second-order valence-corrected chi connectivity index (χ2v) is 6.30. The molecule has 0 spiro atoms. The standard InChI is InChI=1S/C14H12BrFOS/c1-8-5-14(18-9(8)2)13(17)6-10-3-4-11(16)7-12(10)15/h3-5,7H,6H2,1-2H3. The molecule has 1 heterocycles. The van der Waals surface area contributed by atoms with E-state index in [0.29, 0.717) is 10.9 Å². The Morgan fingerprint density at radius 2 is 2.06 bits per heavy atom. The molecule has 1 aromatic heterocycles. The zero-order valence-electron chi connectivity index (χ0n) is 10.1. The SMILES string of the molecule is Cc1cc(C(=O)Cc2ccc(F)cc2Br)sc1C. The highest BCUT2D eigenvalue weighted by Gasteiger charge is 2.13. The summed E-state index contributed by atoms with van der Waals surface area (Å²) in [6.45, 7) is 4.00. The van der Waals surface area contributed by atoms with Crippen LogP contribution >= 0.6 is 27.3 Å². The smallest absolute Gasteiger partial charge is 0.177 e. The second kappa shape index (κ2) is 5.33. The van der Waals surface area contributed by atoms with Gasteiger partial charge in [-0.1, -0.05) is 22.0 Å². The lowest BCUT2D eigenvalue weighted by Crippen LogP contribution is -2.02. The minimum absolute atomic E-state index is 0.0727. The first-order valence-corrected chi connectivity index (χ1v) is 7.12. The molecule has 0 fully saturated rings. The maximum absolute atomic E-state index is 13.0. The number of carbonyl (C=O) groups excluding carboxylic acids is 1. The molecule has 0 aliphatic carbocycles. The molecular formula is C14H12BrFOS. The van der Waals surface area contributed by atoms with E-state index in [0.717, 1.165) is 20.9 Å². The summed E-state index contributed by atoms with van der Waals surface area (Å²) in [6, 6.07) is 6.32. The lowest BCUT2D eigenvalue weighted by Gasteiger charge is -2.02. The summed E-state index contributed by atoms with van der Waals surface area (Å²) in [4.78, 5) is 14.0. The van der Waals surface area contributed by atoms with Gasteiger partial charge in [0, 0.05) is 15.8 Å². The van der Waals surface area contributed by atoms with E-state index >= 15 is 0 Å². The zero-order chi connectivity index (χ0) is 13.3. The number of halogens is 2. The van der Waals surface area contributed by atoms with Gasteiger partial charge in [0.1, 0.15) is 5.82 Å². The zero-order valence-corrected chi connectivity index (χ0v) is 12.5. The van der Waals surface area contributed by atoms with Crippen molar-refractivity contribution in [3.05, 3.63) is 55.4 Å². The summed E-state index contributed by atoms with van der Waals surface area (Å²) in [5.74, 6) is -0.232. The van der Waals surface area contributed by atoms with Crippen LogP contribution in [0.5, 0.6) is 0 Å². The molecule has 0 aliphatic heterocycles. The molecule has 0 radical (unpaired) electrons. The average Bonchev–Trinajstić information content (AvgIpc) is 2.63. The van der Waals surface area contributed by atoms with Gasteiger partial charge in [0.05, 0.1) is 4.88 Å². The number of thiophene rings is 1. The van der Waals surface area contributed by atoms with E-state index in [9.17, 15) is 9.18 Å². The van der Waals surface area contributed by atoms with Gasteiger partial charge in [-0.2, -0.15) is 0 Å². The normalized spacial score (nSPS) is 10.7. The van der Waals surface area contributed by atoms with E-state index in [4.69, 9.17) is 0 Å². The molecule has 0 aliphatic rings. The summed E-state index contributed by atoms with van der Waals surface area (Å²) in [5, 5.41) is 0. The molecule has 0 N–H and O–H groups in total. The highest BCUT2D eigenvalue weighted by atomic mass is 79.9. The molecule has 0 unspecified atom stereocenters. The van der Waals surface area contributed by atoms with Crippen molar-refractivity contribution in [3.63, 3.8) is 0 Å². The first-order valence-electron chi connectivity index (χ1n) is 5.51. The Balaban J connectivity index is 2.21. The van der Waals surface area contributed by atoms with Crippen LogP contribution in [0.25, 0.3) is 0 Å². The minimum atomic E-state index is -0.305. The van der Waals surface area contributed by atoms with Gasteiger partial charge in [0.25, 0.3) is 0 Å². The Morgan fingerprint density at radius 1 is 1.33 bits per heavy atom. The molecular weight excluding hydrogens is 315 g/mol. The van der Waals surface area contributed by atoms with E-state index in [2.05, 4.69) is 15.9 Å². The van der Waals surface area contributed by atoms with Gasteiger partial charge < -0.3 is 0 Å². The Kier molecular flexibility index (Phi) is 3.97. The van der Waals surface area contributed by atoms with Gasteiger partial charge in [0.2, 0.25) is 0 Å². The first kappa shape index (κ1) is 13.4. The Bertz CT molecular complexity index is 584. The predicted molar refractivity (Wildman–Crippen MR) is 75.9 cm³/mol. The van der Waals surface area contributed by atoms with Crippen molar-refractivity contribution in [2.45, 2.75) is 20.3 Å². The summed E-state index contributed by atoms with van der Waals surface area (Å²) in [5.41, 5.74) is 1.95. The van der Waals surface area contributed by atoms with Crippen LogP contribution < -0.4 is 0 Å². The van der Waals surface area contributed by atoms with Gasteiger partial charge in [0.15, 0.2) is 5.78 Å². The van der Waals surface area contributed by atoms with E-state index < -0.39 is 0 Å². The lowest BCUT2D eigenvalue weighted by molar-refractivity contribution is 0.0996. The number of benzene rings is 1. The molecule has 0 saturated carbocycles. The van der Waals surface area contributed by atoms with Crippen molar-refractivity contribution in [2.24, 2.45) is 0 Å². The lowest BCUT2D eigenvalue weighted by atomic mass is 10.1. The van der Waals surface area contributed by atoms with Gasteiger partial charge in [-0.25, -0.2) is 4.39 Å². The monoisotopic (exact) mass is 326 g/mol. The van der Waals surface area contributed by atoms with Crippen LogP contribution in [-0.4, -0.2) is 5.78 Å². The third-order valence-electron chi connectivity index (χ3n) is 2.81. The molecule has 0 bridgehead atoms. The highest BCUT2D eigenvalue weighted by molar-refractivity contribution is 9.10. The number of aryl methyl sites for hydroxylation is 2. The van der Waals surface area contributed by atoms with Crippen LogP contribution in [0, 0.1) is 19.7 Å². The number of hydrogen-bond donors (Lipinski definition) is 0. The Morgan fingerprint density at radius 3 is 2.61 bits per heavy atom. The van der Waals surface area contributed by atoms with Crippen molar-refractivity contribution in [1.82, 2.24) is 0 Å². The van der Waals surface area contributed by atoms with Crippen molar-refractivity contribution in [3.8, 4) is 0 Å². The maximum Gasteiger partial charge on any atom is 0.177 e. The Labute approximate surface area is 118 Å². The summed E-state index contributed by atoms with van der Waals surface area (Å²) in [6.07, 6.45) is 0.292. The van der Waals surface area contributed by atoms with Crippen molar-refractivity contribution in [1.29, 1.82) is 0 Å². The summed E-state index contributed by atoms with van der Waals surface area (Å²) >= 11 is 4.79. The number of carbonyl (C=O) groups is 1. The van der Waals surface area contributed by atoms with Crippen molar-refractivity contribution < 1.29 is 9.18 Å². The molecule has 4 heteroatoms. The van der Waals surface area contributed by atoms with Crippen LogP contribution in [0.3, 0.4) is 0 Å². The third-order valence-corrected chi connectivity index (χ3v) is 4.74. The molecule has 0 saturated heterocycles. The Hall–Kier alpha value is -1.000. The maximum atomic E-state index is 13.0. The molecule has 18 heavy (non-hydrogen) atoms. The van der Waals surface area contributed by atoms with Gasteiger partial charge >= 0.3 is 0 Å². The van der Waals surface area contributed by atoms with Gasteiger partial charge in [-0.15, -0.1) is 11.3 Å². The first-order chi connectivity index (χ1) is 8.47. The van der Waals surface area contributed by atoms with E-state index in [-0.39, 0.29) is 11.6 Å². The molecule has 0 atom stereocenters. The molecule has 2 rings (SSSR count). The van der Waals surface area contributed by atoms with Gasteiger partial charge in [-0.05, 0) is 43.2 Å². The van der Waals surface area contributed by atoms with E-state index in [1.807, 2.05) is 19.9 Å². The number of hydrogen-bond acceptors (Lipinski definition) is 2. The summed E-state index contributed by atoms with van der Waals surface area (Å²) < 4.78 is 13.6. The molecule has 1 nitrogen and oxygen atoms in total. The fraction of sp³-hybridized carbons (Fsp3) is 0.214. The topological polar surface area (TPSA) is 17.1 Å². The number of Topliss-reactive ketones (excluding diaryl/α,β-unsaturated/α-hetero) is 1. The fourth-order valence-corrected chi connectivity index (χ4v) is 3.10. The largest absolute Gasteiger partial charge is 0.293 e. The highest BCUT2D eigenvalue weighted by Crippen LogP contribution is 2.24. The van der Waals surface area contributed by atoms with Crippen LogP contribution in [0.15, 0.2) is 28.7 Å². The molecule has 0 amide bonds. The molecule has 2 aromatic rings.